The third-order valence-electron chi connectivity index (χ3n) is 4.78. The maximum atomic E-state index is 9.06. The van der Waals surface area contributed by atoms with Gasteiger partial charge in [0.2, 0.25) is 0 Å². The highest BCUT2D eigenvalue weighted by Crippen LogP contribution is 2.28. The van der Waals surface area contributed by atoms with Crippen molar-refractivity contribution in [2.45, 2.75) is 25.6 Å². The number of aryl methyl sites for hydroxylation is 2. The molecule has 7 heteroatoms. The van der Waals surface area contributed by atoms with Crippen LogP contribution in [0.1, 0.15) is 29.8 Å². The van der Waals surface area contributed by atoms with Crippen LogP contribution in [0.2, 0.25) is 0 Å². The zero-order valence-corrected chi connectivity index (χ0v) is 15.1. The number of morpholine rings is 1. The van der Waals surface area contributed by atoms with Crippen LogP contribution >= 0.6 is 0 Å². The molecule has 3 rings (SSSR count). The third kappa shape index (κ3) is 3.93. The van der Waals surface area contributed by atoms with Crippen LogP contribution in [0.4, 0.5) is 0 Å². The van der Waals surface area contributed by atoms with Crippen molar-refractivity contribution in [3.8, 4) is 6.07 Å². The van der Waals surface area contributed by atoms with E-state index in [0.717, 1.165) is 38.3 Å². The van der Waals surface area contributed by atoms with Crippen LogP contribution in [0.3, 0.4) is 0 Å². The molecule has 0 saturated carbocycles. The summed E-state index contributed by atoms with van der Waals surface area (Å²) in [6.07, 6.45) is 6.08. The lowest BCUT2D eigenvalue weighted by molar-refractivity contribution is -0.0694. The number of likely N-dealkylation sites (N-methyl/N-ethyl adjacent to an activating group) is 1. The van der Waals surface area contributed by atoms with Gasteiger partial charge in [-0.1, -0.05) is 6.92 Å². The van der Waals surface area contributed by atoms with E-state index in [1.165, 1.54) is 5.56 Å². The Balaban J connectivity index is 1.65. The summed E-state index contributed by atoms with van der Waals surface area (Å²) in [4.78, 5) is 2.45. The summed E-state index contributed by atoms with van der Waals surface area (Å²) in [5.41, 5.74) is 2.98. The molecule has 0 aliphatic carbocycles. The lowest BCUT2D eigenvalue weighted by Gasteiger charge is -2.40. The van der Waals surface area contributed by atoms with Gasteiger partial charge in [-0.05, 0) is 18.2 Å². The van der Waals surface area contributed by atoms with Gasteiger partial charge in [0, 0.05) is 51.7 Å². The zero-order valence-electron chi connectivity index (χ0n) is 15.1. The van der Waals surface area contributed by atoms with Crippen LogP contribution in [0, 0.1) is 11.3 Å². The molecule has 0 bridgehead atoms. The van der Waals surface area contributed by atoms with Gasteiger partial charge in [-0.3, -0.25) is 9.58 Å². The van der Waals surface area contributed by atoms with Crippen molar-refractivity contribution in [3.05, 3.63) is 41.5 Å². The summed E-state index contributed by atoms with van der Waals surface area (Å²) in [5, 5.41) is 16.9. The van der Waals surface area contributed by atoms with Crippen molar-refractivity contribution >= 4 is 0 Å². The maximum Gasteiger partial charge on any atom is 0.120 e. The Kier molecular flexibility index (Phi) is 5.53. The molecule has 1 fully saturated rings. The van der Waals surface area contributed by atoms with E-state index >= 15 is 0 Å². The Morgan fingerprint density at radius 2 is 2.24 bits per heavy atom. The third-order valence-corrected chi connectivity index (χ3v) is 4.78. The summed E-state index contributed by atoms with van der Waals surface area (Å²) in [7, 11) is 3.84. The largest absolute Gasteiger partial charge is 0.374 e. The van der Waals surface area contributed by atoms with E-state index in [-0.39, 0.29) is 12.1 Å². The smallest absolute Gasteiger partial charge is 0.120 e. The van der Waals surface area contributed by atoms with Crippen molar-refractivity contribution in [3.63, 3.8) is 0 Å². The number of nitriles is 1. The predicted octanol–water partition coefficient (Wildman–Crippen LogP) is 1.18. The van der Waals surface area contributed by atoms with Crippen LogP contribution in [0.25, 0.3) is 0 Å². The van der Waals surface area contributed by atoms with Gasteiger partial charge in [0.15, 0.2) is 0 Å². The van der Waals surface area contributed by atoms with Crippen LogP contribution < -0.4 is 5.32 Å². The predicted molar refractivity (Wildman–Crippen MR) is 94.8 cm³/mol. The molecular weight excluding hydrogens is 316 g/mol. The summed E-state index contributed by atoms with van der Waals surface area (Å²) in [6, 6.07) is 4.33. The second kappa shape index (κ2) is 7.83. The Labute approximate surface area is 148 Å². The van der Waals surface area contributed by atoms with Crippen molar-refractivity contribution in [1.29, 1.82) is 5.26 Å². The normalized spacial score (nSPS) is 21.4. The van der Waals surface area contributed by atoms with E-state index in [9.17, 15) is 0 Å². The topological polar surface area (TPSA) is 71.0 Å². The van der Waals surface area contributed by atoms with Crippen molar-refractivity contribution < 1.29 is 4.74 Å². The van der Waals surface area contributed by atoms with E-state index in [1.807, 2.05) is 41.8 Å². The molecule has 3 heterocycles. The molecule has 0 unspecified atom stereocenters. The molecular formula is C18H26N6O. The van der Waals surface area contributed by atoms with Crippen LogP contribution in [0.5, 0.6) is 0 Å². The van der Waals surface area contributed by atoms with Gasteiger partial charge >= 0.3 is 0 Å². The minimum Gasteiger partial charge on any atom is -0.374 e. The molecule has 134 valence electrons. The quantitative estimate of drug-likeness (QED) is 0.854. The Morgan fingerprint density at radius 1 is 1.40 bits per heavy atom. The number of hydrogen-bond donors (Lipinski definition) is 1. The molecule has 2 aromatic rings. The minimum absolute atomic E-state index is 0.0806. The molecule has 2 atom stereocenters. The van der Waals surface area contributed by atoms with Gasteiger partial charge in [0.25, 0.3) is 0 Å². The van der Waals surface area contributed by atoms with Crippen molar-refractivity contribution in [1.82, 2.24) is 24.6 Å². The molecule has 1 saturated heterocycles. The maximum absolute atomic E-state index is 9.06. The Morgan fingerprint density at radius 3 is 2.88 bits per heavy atom. The Bertz CT molecular complexity index is 743. The van der Waals surface area contributed by atoms with Gasteiger partial charge in [0.05, 0.1) is 24.9 Å². The van der Waals surface area contributed by atoms with E-state index in [1.54, 1.807) is 0 Å². The van der Waals surface area contributed by atoms with Gasteiger partial charge < -0.3 is 14.6 Å². The monoisotopic (exact) mass is 342 g/mol. The molecule has 0 spiro atoms. The van der Waals surface area contributed by atoms with Crippen molar-refractivity contribution in [2.24, 2.45) is 14.1 Å². The van der Waals surface area contributed by atoms with Crippen LogP contribution in [-0.2, 0) is 25.4 Å². The number of ether oxygens (including phenoxy) is 1. The molecule has 2 aromatic heterocycles. The first-order valence-electron chi connectivity index (χ1n) is 8.72. The highest BCUT2D eigenvalue weighted by molar-refractivity contribution is 5.28. The van der Waals surface area contributed by atoms with Crippen LogP contribution in [0.15, 0.2) is 24.7 Å². The summed E-state index contributed by atoms with van der Waals surface area (Å²) in [6.45, 7) is 6.35. The highest BCUT2D eigenvalue weighted by atomic mass is 16.5. The summed E-state index contributed by atoms with van der Waals surface area (Å²) in [5.74, 6) is 0. The van der Waals surface area contributed by atoms with E-state index < -0.39 is 0 Å². The molecule has 25 heavy (non-hydrogen) atoms. The molecule has 0 amide bonds. The minimum atomic E-state index is 0.0806. The Hall–Kier alpha value is -2.14. The zero-order chi connectivity index (χ0) is 17.8. The van der Waals surface area contributed by atoms with Gasteiger partial charge in [-0.15, -0.1) is 0 Å². The van der Waals surface area contributed by atoms with E-state index in [4.69, 9.17) is 10.00 Å². The first kappa shape index (κ1) is 17.7. The molecule has 0 radical (unpaired) electrons. The fraction of sp³-hybridized carbons (Fsp3) is 0.556. The average molecular weight is 342 g/mol. The second-order valence-electron chi connectivity index (χ2n) is 6.52. The standard InChI is InChI=1S/C18H26N6O/c1-4-24-5-6-25-17(18(24)15-10-21-23(3)13-15)11-20-9-14-7-16(8-19)22(2)12-14/h7,10,12-13,17-18,20H,4-6,9,11H2,1-3H3/t17-,18-/m0/s1. The molecule has 1 aliphatic rings. The highest BCUT2D eigenvalue weighted by Gasteiger charge is 2.33. The van der Waals surface area contributed by atoms with Gasteiger partial charge in [-0.25, -0.2) is 0 Å². The number of hydrogen-bond acceptors (Lipinski definition) is 5. The lowest BCUT2D eigenvalue weighted by atomic mass is 10.0. The number of nitrogens with zero attached hydrogens (tertiary/aromatic N) is 5. The summed E-state index contributed by atoms with van der Waals surface area (Å²) >= 11 is 0. The first-order valence-corrected chi connectivity index (χ1v) is 8.72. The SMILES string of the molecule is CCN1CCO[C@@H](CNCc2cc(C#N)n(C)c2)[C@@H]1c1cnn(C)c1. The fourth-order valence-corrected chi connectivity index (χ4v) is 3.53. The first-order chi connectivity index (χ1) is 12.1. The van der Waals surface area contributed by atoms with Crippen LogP contribution in [-0.4, -0.2) is 51.6 Å². The summed E-state index contributed by atoms with van der Waals surface area (Å²) < 4.78 is 9.77. The van der Waals surface area contributed by atoms with Gasteiger partial charge in [0.1, 0.15) is 11.8 Å². The lowest BCUT2D eigenvalue weighted by Crippen LogP contribution is -2.48. The molecule has 1 N–H and O–H groups in total. The number of nitrogens with one attached hydrogen (secondary N) is 1. The van der Waals surface area contributed by atoms with Gasteiger partial charge in [-0.2, -0.15) is 10.4 Å². The molecule has 7 nitrogen and oxygen atoms in total. The fourth-order valence-electron chi connectivity index (χ4n) is 3.53. The second-order valence-corrected chi connectivity index (χ2v) is 6.52. The molecule has 1 aliphatic heterocycles. The molecule has 0 aromatic carbocycles. The average Bonchev–Trinajstić information content (AvgIpc) is 3.19. The number of aromatic nitrogens is 3. The number of rotatable bonds is 6. The van der Waals surface area contributed by atoms with E-state index in [2.05, 4.69) is 34.5 Å². The van der Waals surface area contributed by atoms with Crippen molar-refractivity contribution in [2.75, 3.05) is 26.2 Å². The van der Waals surface area contributed by atoms with E-state index in [0.29, 0.717) is 5.69 Å².